The van der Waals surface area contributed by atoms with E-state index in [1.54, 1.807) is 6.26 Å². The molecule has 60 valence electrons. The van der Waals surface area contributed by atoms with Crippen LogP contribution in [0.4, 0.5) is 0 Å². The summed E-state index contributed by atoms with van der Waals surface area (Å²) in [5.41, 5.74) is 0. The Balaban J connectivity index is -0.000000000333. The van der Waals surface area contributed by atoms with Gasteiger partial charge in [-0.3, -0.25) is 0 Å². The van der Waals surface area contributed by atoms with Gasteiger partial charge >= 0.3 is 0 Å². The van der Waals surface area contributed by atoms with Gasteiger partial charge in [0, 0.05) is 21.1 Å². The topological polar surface area (TPSA) is 0 Å². The average molecular weight is 326 g/mol. The second kappa shape index (κ2) is 726. The SMILES string of the molecule is C[S-].[F-].[F-].[F-].[F-].[F-].[W]. The summed E-state index contributed by atoms with van der Waals surface area (Å²) >= 11 is 4.08. The molecule has 7 heteroatoms. The molecule has 0 aliphatic rings. The number of rotatable bonds is 0. The summed E-state index contributed by atoms with van der Waals surface area (Å²) in [6, 6.07) is 0. The molecule has 0 amide bonds. The molecule has 0 aromatic carbocycles. The Morgan fingerprint density at radius 2 is 0.625 bits per heavy atom. The van der Waals surface area contributed by atoms with Gasteiger partial charge in [-0.25, -0.2) is 0 Å². The molecule has 0 atom stereocenters. The van der Waals surface area contributed by atoms with Crippen LogP contribution in [0.3, 0.4) is 0 Å². The molecule has 0 rings (SSSR count). The molecule has 0 radical (unpaired) electrons. The third-order valence-electron chi connectivity index (χ3n) is 0. The molecule has 8 heavy (non-hydrogen) atoms. The van der Waals surface area contributed by atoms with Crippen LogP contribution in [0.15, 0.2) is 0 Å². The predicted octanol–water partition coefficient (Wildman–Crippen LogP) is -14.8. The van der Waals surface area contributed by atoms with Crippen molar-refractivity contribution in [2.75, 3.05) is 6.26 Å². The molecular weight excluding hydrogens is 323 g/mol. The Morgan fingerprint density at radius 3 is 0.625 bits per heavy atom. The zero-order valence-corrected chi connectivity index (χ0v) is 7.46. The molecular formula is CH3F5SW-6. The second-order valence-electron chi connectivity index (χ2n) is 0. The van der Waals surface area contributed by atoms with Crippen molar-refractivity contribution in [3.63, 3.8) is 0 Å². The summed E-state index contributed by atoms with van der Waals surface area (Å²) in [5, 5.41) is 0. The molecule has 0 aromatic rings. The van der Waals surface area contributed by atoms with Crippen molar-refractivity contribution in [3.8, 4) is 0 Å². The first kappa shape index (κ1) is 180. The molecule has 0 nitrogen and oxygen atoms in total. The fraction of sp³-hybridized carbons (Fsp3) is 1.00. The Morgan fingerprint density at radius 1 is 0.625 bits per heavy atom. The van der Waals surface area contributed by atoms with E-state index in [1.165, 1.54) is 0 Å². The van der Waals surface area contributed by atoms with E-state index in [9.17, 15) is 0 Å². The van der Waals surface area contributed by atoms with Crippen LogP contribution in [0.2, 0.25) is 0 Å². The molecule has 0 saturated carbocycles. The van der Waals surface area contributed by atoms with E-state index >= 15 is 0 Å². The van der Waals surface area contributed by atoms with E-state index in [-0.39, 0.29) is 44.6 Å². The molecule has 0 heterocycles. The molecule has 0 spiro atoms. The fourth-order valence-corrected chi connectivity index (χ4v) is 0. The quantitative estimate of drug-likeness (QED) is 0.315. The van der Waals surface area contributed by atoms with E-state index < -0.39 is 0 Å². The van der Waals surface area contributed by atoms with E-state index in [2.05, 4.69) is 12.6 Å². The molecule has 0 aliphatic heterocycles. The van der Waals surface area contributed by atoms with Crippen molar-refractivity contribution < 1.29 is 44.6 Å². The van der Waals surface area contributed by atoms with E-state index in [0.29, 0.717) is 0 Å². The smallest absolute Gasteiger partial charge is 0 e. The molecule has 0 aromatic heterocycles. The summed E-state index contributed by atoms with van der Waals surface area (Å²) in [7, 11) is 0. The minimum absolute atomic E-state index is 0. The van der Waals surface area contributed by atoms with Crippen molar-refractivity contribution in [3.05, 3.63) is 0 Å². The normalized spacial score (nSPS) is 0.750. The van der Waals surface area contributed by atoms with Crippen LogP contribution in [0.1, 0.15) is 0 Å². The van der Waals surface area contributed by atoms with Gasteiger partial charge in [0.15, 0.2) is 0 Å². The maximum atomic E-state index is 4.08. The maximum Gasteiger partial charge on any atom is 0 e. The number of hydrogen-bond acceptors (Lipinski definition) is 1. The molecule has 0 fully saturated rings. The first-order valence-electron chi connectivity index (χ1n) is 0.408. The average Bonchev–Trinajstić information content (AvgIpc) is 1.00. The zero-order valence-electron chi connectivity index (χ0n) is 3.71. The molecule has 0 N–H and O–H groups in total. The van der Waals surface area contributed by atoms with Crippen LogP contribution >= 0.6 is 0 Å². The van der Waals surface area contributed by atoms with Gasteiger partial charge in [0.25, 0.3) is 0 Å². The summed E-state index contributed by atoms with van der Waals surface area (Å²) in [6.07, 6.45) is 1.58. The van der Waals surface area contributed by atoms with Crippen LogP contribution in [-0.4, -0.2) is 6.26 Å². The van der Waals surface area contributed by atoms with Gasteiger partial charge in [-0.05, 0) is 0 Å². The summed E-state index contributed by atoms with van der Waals surface area (Å²) in [6.45, 7) is 0. The predicted molar refractivity (Wildman–Crippen MR) is 13.3 cm³/mol. The number of halogens is 5. The summed E-state index contributed by atoms with van der Waals surface area (Å²) in [4.78, 5) is 0. The third kappa shape index (κ3) is 457. The molecule has 0 unspecified atom stereocenters. The third-order valence-corrected chi connectivity index (χ3v) is 0. The van der Waals surface area contributed by atoms with Crippen molar-refractivity contribution in [2.24, 2.45) is 0 Å². The Kier molecular flexibility index (Phi) is 16300. The second-order valence-corrected chi connectivity index (χ2v) is 0. The molecule has 0 bridgehead atoms. The van der Waals surface area contributed by atoms with Gasteiger partial charge in [0.1, 0.15) is 0 Å². The van der Waals surface area contributed by atoms with Crippen LogP contribution in [-0.2, 0) is 33.7 Å². The first-order valence-corrected chi connectivity index (χ1v) is 1.22. The van der Waals surface area contributed by atoms with Gasteiger partial charge in [-0.2, -0.15) is 6.26 Å². The molecule has 0 aliphatic carbocycles. The molecule has 0 saturated heterocycles. The van der Waals surface area contributed by atoms with Crippen LogP contribution in [0, 0.1) is 0 Å². The van der Waals surface area contributed by atoms with E-state index in [1.807, 2.05) is 0 Å². The standard InChI is InChI=1S/CH4S.5FH.W/c1-2;;;;;;/h2H,1H3;5*1H;/p-6. The van der Waals surface area contributed by atoms with Crippen molar-refractivity contribution in [1.82, 2.24) is 0 Å². The fourth-order valence-electron chi connectivity index (χ4n) is 0. The van der Waals surface area contributed by atoms with Gasteiger partial charge in [-0.1, -0.05) is 0 Å². The first-order chi connectivity index (χ1) is 1.00. The minimum Gasteiger partial charge on any atom is -1.00 e. The Labute approximate surface area is 63.9 Å². The van der Waals surface area contributed by atoms with Crippen molar-refractivity contribution in [2.45, 2.75) is 0 Å². The zero-order chi connectivity index (χ0) is 2.00. The van der Waals surface area contributed by atoms with E-state index in [4.69, 9.17) is 0 Å². The summed E-state index contributed by atoms with van der Waals surface area (Å²) < 4.78 is 0. The number of hydrogen-bond donors (Lipinski definition) is 0. The van der Waals surface area contributed by atoms with Gasteiger partial charge in [0.2, 0.25) is 0 Å². The van der Waals surface area contributed by atoms with Gasteiger partial charge in [0.05, 0.1) is 0 Å². The van der Waals surface area contributed by atoms with Crippen LogP contribution in [0.25, 0.3) is 0 Å². The largest absolute Gasteiger partial charge is 1.00 e. The van der Waals surface area contributed by atoms with Gasteiger partial charge < -0.3 is 36.2 Å². The maximum absolute atomic E-state index is 4.08. The monoisotopic (exact) mass is 326 g/mol. The van der Waals surface area contributed by atoms with Crippen LogP contribution in [0.5, 0.6) is 0 Å². The Hall–Kier alpha value is 0.688. The minimum atomic E-state index is 0. The Bertz CT molecular complexity index is 12.4. The van der Waals surface area contributed by atoms with E-state index in [0.717, 1.165) is 0 Å². The summed E-state index contributed by atoms with van der Waals surface area (Å²) in [5.74, 6) is 0. The van der Waals surface area contributed by atoms with Gasteiger partial charge in [-0.15, -0.1) is 0 Å². The van der Waals surface area contributed by atoms with Crippen molar-refractivity contribution in [1.29, 1.82) is 0 Å². The van der Waals surface area contributed by atoms with Crippen LogP contribution < -0.4 is 23.5 Å². The van der Waals surface area contributed by atoms with Crippen molar-refractivity contribution >= 4 is 12.6 Å².